The van der Waals surface area contributed by atoms with Gasteiger partial charge in [0.05, 0.1) is 0 Å². The van der Waals surface area contributed by atoms with E-state index >= 15 is 0 Å². The van der Waals surface area contributed by atoms with Gasteiger partial charge in [0, 0.05) is 22.6 Å². The fourth-order valence-electron chi connectivity index (χ4n) is 2.53. The van der Waals surface area contributed by atoms with Gasteiger partial charge in [-0.05, 0) is 50.9 Å². The maximum Gasteiger partial charge on any atom is 0.128 e. The monoisotopic (exact) mass is 350 g/mol. The second-order valence-electron chi connectivity index (χ2n) is 5.21. The van der Waals surface area contributed by atoms with Crippen LogP contribution in [0.25, 0.3) is 0 Å². The molecule has 108 valence electrons. The molecule has 2 nitrogen and oxygen atoms in total. The summed E-state index contributed by atoms with van der Waals surface area (Å²) in [6.07, 6.45) is 2.24. The van der Waals surface area contributed by atoms with Crippen LogP contribution in [0.1, 0.15) is 25.3 Å². The number of hydrogen-bond acceptors (Lipinski definition) is 2. The molecule has 1 aliphatic rings. The molecule has 2 rings (SSSR count). The van der Waals surface area contributed by atoms with Crippen molar-refractivity contribution in [1.82, 2.24) is 4.90 Å². The highest BCUT2D eigenvalue weighted by Crippen LogP contribution is 2.22. The molecule has 1 aromatic carbocycles. The van der Waals surface area contributed by atoms with Crippen molar-refractivity contribution in [3.05, 3.63) is 34.1 Å². The Kier molecular flexibility index (Phi) is 6.74. The minimum atomic E-state index is -0.126. The molecule has 0 spiro atoms. The normalized spacial score (nSPS) is 18.9. The van der Waals surface area contributed by atoms with Gasteiger partial charge in [0.2, 0.25) is 0 Å². The average Bonchev–Trinajstić information content (AvgIpc) is 2.33. The molecular weight excluding hydrogens is 331 g/mol. The first-order valence-corrected chi connectivity index (χ1v) is 7.27. The summed E-state index contributed by atoms with van der Waals surface area (Å²) in [5.74, 6) is 0.495. The molecule has 19 heavy (non-hydrogen) atoms. The number of likely N-dealkylation sites (tertiary alicyclic amines) is 1. The van der Waals surface area contributed by atoms with Gasteiger partial charge in [0.25, 0.3) is 0 Å². The predicted molar refractivity (Wildman–Crippen MR) is 83.0 cm³/mol. The van der Waals surface area contributed by atoms with E-state index in [4.69, 9.17) is 5.73 Å². The van der Waals surface area contributed by atoms with Gasteiger partial charge in [-0.15, -0.1) is 12.4 Å². The minimum Gasteiger partial charge on any atom is -0.328 e. The molecule has 0 aromatic heterocycles. The topological polar surface area (TPSA) is 29.3 Å². The Labute approximate surface area is 129 Å². The third-order valence-electron chi connectivity index (χ3n) is 3.78. The minimum absolute atomic E-state index is 0. The molecule has 1 heterocycles. The lowest BCUT2D eigenvalue weighted by atomic mass is 9.91. The number of nitrogens with zero attached hydrogens (tertiary/aromatic N) is 1. The number of hydrogen-bond donors (Lipinski definition) is 1. The van der Waals surface area contributed by atoms with Gasteiger partial charge in [0.1, 0.15) is 5.82 Å². The van der Waals surface area contributed by atoms with E-state index in [9.17, 15) is 4.39 Å². The number of halogens is 3. The Morgan fingerprint density at radius 2 is 2.05 bits per heavy atom. The third-order valence-corrected chi connectivity index (χ3v) is 4.28. The van der Waals surface area contributed by atoms with Crippen LogP contribution in [0.2, 0.25) is 0 Å². The SMILES string of the molecule is CC(N)C1CCN(Cc2ccc(Br)cc2F)CC1.Cl. The quantitative estimate of drug-likeness (QED) is 0.902. The van der Waals surface area contributed by atoms with Crippen molar-refractivity contribution in [2.75, 3.05) is 13.1 Å². The zero-order chi connectivity index (χ0) is 13.1. The van der Waals surface area contributed by atoms with Crippen LogP contribution in [-0.4, -0.2) is 24.0 Å². The van der Waals surface area contributed by atoms with Gasteiger partial charge in [-0.25, -0.2) is 4.39 Å². The summed E-state index contributed by atoms with van der Waals surface area (Å²) in [6.45, 7) is 4.81. The average molecular weight is 352 g/mol. The van der Waals surface area contributed by atoms with Gasteiger partial charge in [-0.1, -0.05) is 22.0 Å². The molecule has 1 saturated heterocycles. The number of benzene rings is 1. The maximum atomic E-state index is 13.7. The summed E-state index contributed by atoms with van der Waals surface area (Å²) in [6, 6.07) is 5.56. The first kappa shape index (κ1) is 16.9. The maximum absolute atomic E-state index is 13.7. The summed E-state index contributed by atoms with van der Waals surface area (Å²) in [7, 11) is 0. The van der Waals surface area contributed by atoms with Crippen LogP contribution >= 0.6 is 28.3 Å². The second kappa shape index (κ2) is 7.58. The van der Waals surface area contributed by atoms with Crippen molar-refractivity contribution >= 4 is 28.3 Å². The molecule has 2 N–H and O–H groups in total. The van der Waals surface area contributed by atoms with Gasteiger partial charge < -0.3 is 5.73 Å². The lowest BCUT2D eigenvalue weighted by molar-refractivity contribution is 0.164. The smallest absolute Gasteiger partial charge is 0.128 e. The lowest BCUT2D eigenvalue weighted by Gasteiger charge is -2.33. The highest BCUT2D eigenvalue weighted by atomic mass is 79.9. The van der Waals surface area contributed by atoms with Crippen molar-refractivity contribution in [1.29, 1.82) is 0 Å². The van der Waals surface area contributed by atoms with Gasteiger partial charge in [-0.2, -0.15) is 0 Å². The summed E-state index contributed by atoms with van der Waals surface area (Å²) in [5.41, 5.74) is 6.70. The van der Waals surface area contributed by atoms with E-state index in [1.807, 2.05) is 12.1 Å². The summed E-state index contributed by atoms with van der Waals surface area (Å²) in [4.78, 5) is 2.31. The molecule has 1 unspecified atom stereocenters. The van der Waals surface area contributed by atoms with E-state index < -0.39 is 0 Å². The molecule has 1 atom stereocenters. The van der Waals surface area contributed by atoms with Gasteiger partial charge in [0.15, 0.2) is 0 Å². The first-order chi connectivity index (χ1) is 8.56. The third kappa shape index (κ3) is 4.71. The molecular formula is C14H21BrClFN2. The summed E-state index contributed by atoms with van der Waals surface area (Å²) in [5, 5.41) is 0. The number of nitrogens with two attached hydrogens (primary N) is 1. The van der Waals surface area contributed by atoms with Gasteiger partial charge >= 0.3 is 0 Å². The van der Waals surface area contributed by atoms with E-state index in [0.717, 1.165) is 36.0 Å². The van der Waals surface area contributed by atoms with E-state index in [1.165, 1.54) is 6.07 Å². The molecule has 0 radical (unpaired) electrons. The second-order valence-corrected chi connectivity index (χ2v) is 6.12. The zero-order valence-corrected chi connectivity index (χ0v) is 13.5. The largest absolute Gasteiger partial charge is 0.328 e. The molecule has 0 bridgehead atoms. The van der Waals surface area contributed by atoms with Crippen molar-refractivity contribution in [2.24, 2.45) is 11.7 Å². The van der Waals surface area contributed by atoms with Crippen LogP contribution in [0.4, 0.5) is 4.39 Å². The zero-order valence-electron chi connectivity index (χ0n) is 11.1. The highest BCUT2D eigenvalue weighted by molar-refractivity contribution is 9.10. The van der Waals surface area contributed by atoms with E-state index in [2.05, 4.69) is 27.8 Å². The van der Waals surface area contributed by atoms with Crippen molar-refractivity contribution in [3.8, 4) is 0 Å². The molecule has 0 amide bonds. The lowest BCUT2D eigenvalue weighted by Crippen LogP contribution is -2.39. The molecule has 5 heteroatoms. The first-order valence-electron chi connectivity index (χ1n) is 6.48. The molecule has 1 aromatic rings. The van der Waals surface area contributed by atoms with Gasteiger partial charge in [-0.3, -0.25) is 4.90 Å². The Balaban J connectivity index is 0.00000180. The van der Waals surface area contributed by atoms with Crippen LogP contribution in [0.5, 0.6) is 0 Å². The van der Waals surface area contributed by atoms with Crippen LogP contribution in [0.15, 0.2) is 22.7 Å². The van der Waals surface area contributed by atoms with Crippen molar-refractivity contribution in [3.63, 3.8) is 0 Å². The number of rotatable bonds is 3. The molecule has 0 aliphatic carbocycles. The van der Waals surface area contributed by atoms with E-state index in [0.29, 0.717) is 12.5 Å². The number of piperidine rings is 1. The Morgan fingerprint density at radius 1 is 1.42 bits per heavy atom. The van der Waals surface area contributed by atoms with Crippen LogP contribution in [0.3, 0.4) is 0 Å². The Hall–Kier alpha value is -0.160. The van der Waals surface area contributed by atoms with E-state index in [-0.39, 0.29) is 24.3 Å². The van der Waals surface area contributed by atoms with Crippen LogP contribution < -0.4 is 5.73 Å². The van der Waals surface area contributed by atoms with E-state index in [1.54, 1.807) is 0 Å². The summed E-state index contributed by atoms with van der Waals surface area (Å²) < 4.78 is 14.5. The fraction of sp³-hybridized carbons (Fsp3) is 0.571. The van der Waals surface area contributed by atoms with Crippen LogP contribution in [0, 0.1) is 11.7 Å². The van der Waals surface area contributed by atoms with Crippen LogP contribution in [-0.2, 0) is 6.54 Å². The Bertz CT molecular complexity index is 406. The van der Waals surface area contributed by atoms with Crippen molar-refractivity contribution < 1.29 is 4.39 Å². The Morgan fingerprint density at radius 3 is 2.58 bits per heavy atom. The fourth-order valence-corrected chi connectivity index (χ4v) is 2.86. The summed E-state index contributed by atoms with van der Waals surface area (Å²) >= 11 is 3.28. The molecule has 1 aliphatic heterocycles. The standard InChI is InChI=1S/C14H20BrFN2.ClH/c1-10(17)11-4-6-18(7-5-11)9-12-2-3-13(15)8-14(12)16;/h2-3,8,10-11H,4-7,9,17H2,1H3;1H. The molecule has 0 saturated carbocycles. The van der Waals surface area contributed by atoms with Crippen molar-refractivity contribution in [2.45, 2.75) is 32.4 Å². The molecule has 1 fully saturated rings. The predicted octanol–water partition coefficient (Wildman–Crippen LogP) is 3.57. The highest BCUT2D eigenvalue weighted by Gasteiger charge is 2.22.